The van der Waals surface area contributed by atoms with Gasteiger partial charge in [0.1, 0.15) is 11.9 Å². The molecule has 3 aliphatic rings. The third-order valence-corrected chi connectivity index (χ3v) is 5.31. The van der Waals surface area contributed by atoms with Gasteiger partial charge in [0.25, 0.3) is 0 Å². The highest BCUT2D eigenvalue weighted by molar-refractivity contribution is 5.95. The number of anilines is 2. The number of benzene rings is 1. The van der Waals surface area contributed by atoms with Gasteiger partial charge >= 0.3 is 6.09 Å². The zero-order valence-electron chi connectivity index (χ0n) is 14.5. The first kappa shape index (κ1) is 16.8. The van der Waals surface area contributed by atoms with E-state index < -0.39 is 18.0 Å². The number of rotatable bonds is 4. The van der Waals surface area contributed by atoms with Gasteiger partial charge in [-0.3, -0.25) is 14.5 Å². The summed E-state index contributed by atoms with van der Waals surface area (Å²) in [6, 6.07) is 4.55. The Morgan fingerprint density at radius 1 is 1.38 bits per heavy atom. The normalized spacial score (nSPS) is 23.5. The first-order valence-electron chi connectivity index (χ1n) is 8.68. The van der Waals surface area contributed by atoms with Crippen molar-refractivity contribution in [3.8, 4) is 0 Å². The molecule has 8 heteroatoms. The van der Waals surface area contributed by atoms with Crippen molar-refractivity contribution < 1.29 is 23.5 Å². The van der Waals surface area contributed by atoms with Crippen molar-refractivity contribution in [2.45, 2.75) is 25.9 Å². The average molecular weight is 361 g/mol. The highest BCUT2D eigenvalue weighted by Crippen LogP contribution is 2.51. The summed E-state index contributed by atoms with van der Waals surface area (Å²) in [6.45, 7) is 2.64. The number of ketones is 1. The molecular formula is C18H20FN3O4. The number of nitrogens with zero attached hydrogens (tertiary/aromatic N) is 2. The fourth-order valence-corrected chi connectivity index (χ4v) is 3.63. The van der Waals surface area contributed by atoms with Crippen LogP contribution < -0.4 is 15.1 Å². The molecule has 1 spiro atoms. The molecule has 1 aromatic rings. The maximum atomic E-state index is 14.6. The van der Waals surface area contributed by atoms with Crippen LogP contribution >= 0.6 is 0 Å². The minimum Gasteiger partial charge on any atom is -0.442 e. The van der Waals surface area contributed by atoms with Crippen LogP contribution in [0.1, 0.15) is 19.8 Å². The quantitative estimate of drug-likeness (QED) is 0.878. The third-order valence-electron chi connectivity index (χ3n) is 5.31. The number of hydrogen-bond donors (Lipinski definition) is 1. The number of carbonyl (C=O) groups is 3. The predicted octanol–water partition coefficient (Wildman–Crippen LogP) is 1.46. The molecule has 2 aliphatic heterocycles. The molecule has 7 nitrogen and oxygen atoms in total. The molecule has 1 N–H and O–H groups in total. The number of nitrogens with one attached hydrogen (secondary N) is 1. The summed E-state index contributed by atoms with van der Waals surface area (Å²) in [5.41, 5.74) is 0.530. The summed E-state index contributed by atoms with van der Waals surface area (Å²) >= 11 is 0. The summed E-state index contributed by atoms with van der Waals surface area (Å²) in [5.74, 6) is -0.487. The minimum absolute atomic E-state index is 0.185. The number of Topliss-reactive ketones (excluding diaryl/α,β-unsaturated/α-hetero) is 1. The van der Waals surface area contributed by atoms with E-state index in [1.54, 1.807) is 17.0 Å². The van der Waals surface area contributed by atoms with Crippen molar-refractivity contribution in [3.05, 3.63) is 24.0 Å². The van der Waals surface area contributed by atoms with Gasteiger partial charge in [0, 0.05) is 18.9 Å². The minimum atomic E-state index is -0.569. The van der Waals surface area contributed by atoms with E-state index in [2.05, 4.69) is 5.32 Å². The van der Waals surface area contributed by atoms with Crippen LogP contribution in [0.4, 0.5) is 20.6 Å². The van der Waals surface area contributed by atoms with Gasteiger partial charge in [-0.05, 0) is 31.0 Å². The van der Waals surface area contributed by atoms with E-state index >= 15 is 0 Å². The molecule has 0 aromatic heterocycles. The number of hydrogen-bond acceptors (Lipinski definition) is 5. The van der Waals surface area contributed by atoms with E-state index in [-0.39, 0.29) is 36.7 Å². The lowest BCUT2D eigenvalue weighted by molar-refractivity contribution is -0.120. The van der Waals surface area contributed by atoms with Crippen LogP contribution in [0.2, 0.25) is 0 Å². The highest BCUT2D eigenvalue weighted by atomic mass is 19.1. The Balaban J connectivity index is 1.47. The third kappa shape index (κ3) is 2.89. The lowest BCUT2D eigenvalue weighted by Crippen LogP contribution is -2.33. The molecule has 2 heterocycles. The molecule has 3 fully saturated rings. The number of ether oxygens (including phenoxy) is 1. The standard InChI is InChI=1S/C18H20FN3O4/c1-11(23)20-7-13-8-22(17(25)26-13)12-2-3-15(14(19)6-12)21-9-16(24)18(10-21)4-5-18/h2-3,6,13H,4-5,7-10H2,1H3,(H,20,23)/t13-/m0/s1. The number of amides is 2. The average Bonchev–Trinajstić information content (AvgIpc) is 3.16. The monoisotopic (exact) mass is 361 g/mol. The fourth-order valence-electron chi connectivity index (χ4n) is 3.63. The molecule has 2 saturated heterocycles. The zero-order chi connectivity index (χ0) is 18.5. The van der Waals surface area contributed by atoms with Gasteiger partial charge in [0.2, 0.25) is 5.91 Å². The molecule has 0 unspecified atom stereocenters. The van der Waals surface area contributed by atoms with E-state index in [0.29, 0.717) is 17.9 Å². The van der Waals surface area contributed by atoms with E-state index in [4.69, 9.17) is 4.74 Å². The fraction of sp³-hybridized carbons (Fsp3) is 0.500. The highest BCUT2D eigenvalue weighted by Gasteiger charge is 2.55. The van der Waals surface area contributed by atoms with Crippen molar-refractivity contribution in [2.24, 2.45) is 5.41 Å². The molecule has 1 atom stereocenters. The Kier molecular flexibility index (Phi) is 3.86. The zero-order valence-corrected chi connectivity index (χ0v) is 14.5. The second-order valence-corrected chi connectivity index (χ2v) is 7.25. The second-order valence-electron chi connectivity index (χ2n) is 7.25. The maximum absolute atomic E-state index is 14.6. The van der Waals surface area contributed by atoms with Crippen LogP contribution in [-0.2, 0) is 14.3 Å². The lowest BCUT2D eigenvalue weighted by Gasteiger charge is -2.20. The van der Waals surface area contributed by atoms with Gasteiger partial charge in [-0.1, -0.05) is 0 Å². The molecule has 0 bridgehead atoms. The van der Waals surface area contributed by atoms with Crippen LogP contribution in [0.25, 0.3) is 0 Å². The van der Waals surface area contributed by atoms with Crippen molar-refractivity contribution in [1.29, 1.82) is 0 Å². The Hall–Kier alpha value is -2.64. The van der Waals surface area contributed by atoms with Gasteiger partial charge in [-0.15, -0.1) is 0 Å². The summed E-state index contributed by atoms with van der Waals surface area (Å²) in [6.07, 6.45) is 0.732. The molecular weight excluding hydrogens is 341 g/mol. The van der Waals surface area contributed by atoms with Gasteiger partial charge in [0.15, 0.2) is 5.78 Å². The number of carbonyl (C=O) groups excluding carboxylic acids is 3. The van der Waals surface area contributed by atoms with E-state index in [1.807, 2.05) is 0 Å². The number of cyclic esters (lactones) is 1. The Bertz CT molecular complexity index is 793. The van der Waals surface area contributed by atoms with Crippen molar-refractivity contribution in [2.75, 3.05) is 36.0 Å². The molecule has 1 saturated carbocycles. The Morgan fingerprint density at radius 2 is 2.15 bits per heavy atom. The van der Waals surface area contributed by atoms with Gasteiger partial charge in [0.05, 0.1) is 31.0 Å². The summed E-state index contributed by atoms with van der Waals surface area (Å²) in [4.78, 5) is 38.2. The van der Waals surface area contributed by atoms with Gasteiger partial charge in [-0.25, -0.2) is 9.18 Å². The van der Waals surface area contributed by atoms with Crippen LogP contribution in [0.5, 0.6) is 0 Å². The van der Waals surface area contributed by atoms with Crippen LogP contribution in [0, 0.1) is 11.2 Å². The Morgan fingerprint density at radius 3 is 2.77 bits per heavy atom. The van der Waals surface area contributed by atoms with Crippen LogP contribution in [0.3, 0.4) is 0 Å². The van der Waals surface area contributed by atoms with Crippen LogP contribution in [0.15, 0.2) is 18.2 Å². The van der Waals surface area contributed by atoms with E-state index in [9.17, 15) is 18.8 Å². The molecule has 1 aliphatic carbocycles. The summed E-state index contributed by atoms with van der Waals surface area (Å²) in [5, 5.41) is 2.60. The van der Waals surface area contributed by atoms with E-state index in [1.165, 1.54) is 17.9 Å². The maximum Gasteiger partial charge on any atom is 0.414 e. The lowest BCUT2D eigenvalue weighted by atomic mass is 10.1. The SMILES string of the molecule is CC(=O)NC[C@H]1CN(c2ccc(N3CC(=O)C4(CC4)C3)c(F)c2)C(=O)O1. The summed E-state index contributed by atoms with van der Waals surface area (Å²) < 4.78 is 19.8. The van der Waals surface area contributed by atoms with E-state index in [0.717, 1.165) is 12.8 Å². The van der Waals surface area contributed by atoms with Crippen molar-refractivity contribution in [3.63, 3.8) is 0 Å². The first-order chi connectivity index (χ1) is 12.4. The smallest absolute Gasteiger partial charge is 0.414 e. The topological polar surface area (TPSA) is 79.0 Å². The van der Waals surface area contributed by atoms with Gasteiger partial charge in [-0.2, -0.15) is 0 Å². The molecule has 138 valence electrons. The largest absolute Gasteiger partial charge is 0.442 e. The van der Waals surface area contributed by atoms with Crippen LogP contribution in [-0.4, -0.2) is 50.1 Å². The first-order valence-corrected chi connectivity index (χ1v) is 8.68. The summed E-state index contributed by atoms with van der Waals surface area (Å²) in [7, 11) is 0. The molecule has 4 rings (SSSR count). The number of halogens is 1. The molecule has 1 aromatic carbocycles. The predicted molar refractivity (Wildman–Crippen MR) is 91.6 cm³/mol. The second kappa shape index (κ2) is 5.96. The van der Waals surface area contributed by atoms with Crippen molar-refractivity contribution >= 4 is 29.2 Å². The molecule has 2 amide bonds. The van der Waals surface area contributed by atoms with Crippen molar-refractivity contribution in [1.82, 2.24) is 5.32 Å². The molecule has 26 heavy (non-hydrogen) atoms. The molecule has 0 radical (unpaired) electrons. The Labute approximate surface area is 150 Å². The van der Waals surface area contributed by atoms with Gasteiger partial charge < -0.3 is 15.0 Å².